The molecular weight excluding hydrogens is 218 g/mol. The largest absolute Gasteiger partial charge is 0.309 e. The topological polar surface area (TPSA) is 12.0 Å². The van der Waals surface area contributed by atoms with Gasteiger partial charge in [-0.05, 0) is 44.5 Å². The summed E-state index contributed by atoms with van der Waals surface area (Å²) in [5.41, 5.74) is 6.64. The molecule has 2 aromatic carbocycles. The summed E-state index contributed by atoms with van der Waals surface area (Å²) in [7, 11) is 2.02. The monoisotopic (exact) mass is 239 g/mol. The molecule has 0 heterocycles. The zero-order chi connectivity index (χ0) is 13.1. The highest BCUT2D eigenvalue weighted by atomic mass is 14.9. The summed E-state index contributed by atoms with van der Waals surface area (Å²) in [5.74, 6) is 0. The highest BCUT2D eigenvalue weighted by Gasteiger charge is 2.13. The number of aryl methyl sites for hydroxylation is 3. The van der Waals surface area contributed by atoms with Crippen LogP contribution in [0, 0.1) is 20.8 Å². The number of hydrogen-bond acceptors (Lipinski definition) is 1. The maximum absolute atomic E-state index is 3.42. The molecule has 0 saturated heterocycles. The Morgan fingerprint density at radius 2 is 1.61 bits per heavy atom. The van der Waals surface area contributed by atoms with Crippen molar-refractivity contribution in [3.05, 3.63) is 70.3 Å². The molecule has 0 spiro atoms. The van der Waals surface area contributed by atoms with Crippen LogP contribution in [0.1, 0.15) is 33.9 Å². The van der Waals surface area contributed by atoms with Crippen LogP contribution >= 0.6 is 0 Å². The lowest BCUT2D eigenvalue weighted by atomic mass is 9.93. The minimum atomic E-state index is 0.269. The van der Waals surface area contributed by atoms with Crippen molar-refractivity contribution in [2.75, 3.05) is 7.05 Å². The summed E-state index contributed by atoms with van der Waals surface area (Å²) < 4.78 is 0. The number of nitrogens with one attached hydrogen (secondary N) is 1. The molecule has 0 fully saturated rings. The summed E-state index contributed by atoms with van der Waals surface area (Å²) in [5, 5.41) is 3.42. The molecule has 0 amide bonds. The van der Waals surface area contributed by atoms with E-state index in [9.17, 15) is 0 Å². The summed E-state index contributed by atoms with van der Waals surface area (Å²) in [4.78, 5) is 0. The first-order valence-corrected chi connectivity index (χ1v) is 6.43. The van der Waals surface area contributed by atoms with Gasteiger partial charge in [-0.1, -0.05) is 53.6 Å². The SMILES string of the molecule is CNC(c1cccc(C)c1)c1ccc(C)cc1C. The third kappa shape index (κ3) is 2.62. The summed E-state index contributed by atoms with van der Waals surface area (Å²) >= 11 is 0. The number of benzene rings is 2. The fourth-order valence-electron chi connectivity index (χ4n) is 2.50. The molecule has 18 heavy (non-hydrogen) atoms. The van der Waals surface area contributed by atoms with E-state index in [1.54, 1.807) is 0 Å². The van der Waals surface area contributed by atoms with Crippen molar-refractivity contribution < 1.29 is 0 Å². The quantitative estimate of drug-likeness (QED) is 0.856. The van der Waals surface area contributed by atoms with Crippen molar-refractivity contribution in [3.63, 3.8) is 0 Å². The maximum atomic E-state index is 3.42. The van der Waals surface area contributed by atoms with Gasteiger partial charge < -0.3 is 5.32 Å². The van der Waals surface area contributed by atoms with Crippen molar-refractivity contribution in [2.45, 2.75) is 26.8 Å². The maximum Gasteiger partial charge on any atom is 0.0576 e. The first-order chi connectivity index (χ1) is 8.61. The van der Waals surface area contributed by atoms with Gasteiger partial charge in [0.2, 0.25) is 0 Å². The lowest BCUT2D eigenvalue weighted by molar-refractivity contribution is 0.687. The Kier molecular flexibility index (Phi) is 3.83. The number of hydrogen-bond donors (Lipinski definition) is 1. The lowest BCUT2D eigenvalue weighted by Crippen LogP contribution is -2.18. The van der Waals surface area contributed by atoms with Crippen molar-refractivity contribution in [1.82, 2.24) is 5.32 Å². The zero-order valence-corrected chi connectivity index (χ0v) is 11.6. The second-order valence-corrected chi connectivity index (χ2v) is 5.00. The molecule has 1 atom stereocenters. The van der Waals surface area contributed by atoms with Crippen LogP contribution < -0.4 is 5.32 Å². The standard InChI is InChI=1S/C17H21N/c1-12-6-5-7-15(11-12)17(18-4)16-9-8-13(2)10-14(16)3/h5-11,17-18H,1-4H3. The van der Waals surface area contributed by atoms with Crippen LogP contribution in [0.3, 0.4) is 0 Å². The molecule has 0 aliphatic carbocycles. The Morgan fingerprint density at radius 3 is 2.22 bits per heavy atom. The second-order valence-electron chi connectivity index (χ2n) is 5.00. The Hall–Kier alpha value is -1.60. The molecule has 0 bridgehead atoms. The summed E-state index contributed by atoms with van der Waals surface area (Å²) in [6.45, 7) is 6.46. The highest BCUT2D eigenvalue weighted by Crippen LogP contribution is 2.25. The van der Waals surface area contributed by atoms with Gasteiger partial charge in [-0.2, -0.15) is 0 Å². The van der Waals surface area contributed by atoms with Gasteiger partial charge in [0.05, 0.1) is 6.04 Å². The van der Waals surface area contributed by atoms with E-state index in [-0.39, 0.29) is 6.04 Å². The van der Waals surface area contributed by atoms with Crippen LogP contribution in [0.5, 0.6) is 0 Å². The van der Waals surface area contributed by atoms with Crippen LogP contribution in [-0.2, 0) is 0 Å². The minimum Gasteiger partial charge on any atom is -0.309 e. The fraction of sp³-hybridized carbons (Fsp3) is 0.294. The molecular formula is C17H21N. The van der Waals surface area contributed by atoms with E-state index in [0.29, 0.717) is 0 Å². The van der Waals surface area contributed by atoms with Crippen LogP contribution in [0.15, 0.2) is 42.5 Å². The van der Waals surface area contributed by atoms with Crippen LogP contribution in [0.25, 0.3) is 0 Å². The number of rotatable bonds is 3. The normalized spacial score (nSPS) is 12.4. The van der Waals surface area contributed by atoms with Crippen LogP contribution in [-0.4, -0.2) is 7.05 Å². The molecule has 0 radical (unpaired) electrons. The Labute approximate surface area is 110 Å². The second kappa shape index (κ2) is 5.36. The van der Waals surface area contributed by atoms with E-state index in [2.05, 4.69) is 68.6 Å². The molecule has 1 unspecified atom stereocenters. The van der Waals surface area contributed by atoms with Gasteiger partial charge in [-0.25, -0.2) is 0 Å². The Morgan fingerprint density at radius 1 is 0.889 bits per heavy atom. The summed E-state index contributed by atoms with van der Waals surface area (Å²) in [6, 6.07) is 15.6. The van der Waals surface area contributed by atoms with Crippen LogP contribution in [0.4, 0.5) is 0 Å². The molecule has 1 heteroatoms. The smallest absolute Gasteiger partial charge is 0.0576 e. The van der Waals surface area contributed by atoms with E-state index in [4.69, 9.17) is 0 Å². The summed E-state index contributed by atoms with van der Waals surface area (Å²) in [6.07, 6.45) is 0. The lowest BCUT2D eigenvalue weighted by Gasteiger charge is -2.20. The van der Waals surface area contributed by atoms with E-state index in [1.807, 2.05) is 7.05 Å². The van der Waals surface area contributed by atoms with Gasteiger partial charge in [-0.15, -0.1) is 0 Å². The van der Waals surface area contributed by atoms with E-state index in [0.717, 1.165) is 0 Å². The first kappa shape index (κ1) is 12.8. The van der Waals surface area contributed by atoms with E-state index >= 15 is 0 Å². The molecule has 1 N–H and O–H groups in total. The zero-order valence-electron chi connectivity index (χ0n) is 11.6. The van der Waals surface area contributed by atoms with Gasteiger partial charge in [0.1, 0.15) is 0 Å². The minimum absolute atomic E-state index is 0.269. The van der Waals surface area contributed by atoms with Gasteiger partial charge >= 0.3 is 0 Å². The predicted octanol–water partition coefficient (Wildman–Crippen LogP) is 3.92. The van der Waals surface area contributed by atoms with Gasteiger partial charge in [0.15, 0.2) is 0 Å². The van der Waals surface area contributed by atoms with Crippen LogP contribution in [0.2, 0.25) is 0 Å². The van der Waals surface area contributed by atoms with E-state index in [1.165, 1.54) is 27.8 Å². The molecule has 1 nitrogen and oxygen atoms in total. The Bertz CT molecular complexity index is 543. The predicted molar refractivity (Wildman–Crippen MR) is 78.0 cm³/mol. The van der Waals surface area contributed by atoms with Gasteiger partial charge in [-0.3, -0.25) is 0 Å². The van der Waals surface area contributed by atoms with Gasteiger partial charge in [0.25, 0.3) is 0 Å². The fourth-order valence-corrected chi connectivity index (χ4v) is 2.50. The molecule has 0 aliphatic rings. The molecule has 0 aliphatic heterocycles. The molecule has 0 aromatic heterocycles. The molecule has 94 valence electrons. The molecule has 2 rings (SSSR count). The molecule has 2 aromatic rings. The van der Waals surface area contributed by atoms with Crippen molar-refractivity contribution in [1.29, 1.82) is 0 Å². The third-order valence-corrected chi connectivity index (χ3v) is 3.40. The van der Waals surface area contributed by atoms with Crippen molar-refractivity contribution in [3.8, 4) is 0 Å². The molecule has 0 saturated carbocycles. The van der Waals surface area contributed by atoms with Crippen molar-refractivity contribution in [2.24, 2.45) is 0 Å². The third-order valence-electron chi connectivity index (χ3n) is 3.40. The van der Waals surface area contributed by atoms with Crippen molar-refractivity contribution >= 4 is 0 Å². The first-order valence-electron chi connectivity index (χ1n) is 6.43. The van der Waals surface area contributed by atoms with Gasteiger partial charge in [0, 0.05) is 0 Å². The Balaban J connectivity index is 2.45. The average Bonchev–Trinajstić information content (AvgIpc) is 2.33. The highest BCUT2D eigenvalue weighted by molar-refractivity contribution is 5.39. The van der Waals surface area contributed by atoms with E-state index < -0.39 is 0 Å². The average molecular weight is 239 g/mol.